The van der Waals surface area contributed by atoms with Crippen molar-refractivity contribution in [1.29, 1.82) is 0 Å². The van der Waals surface area contributed by atoms with Crippen molar-refractivity contribution in [2.24, 2.45) is 17.1 Å². The molecule has 2 unspecified atom stereocenters. The van der Waals surface area contributed by atoms with Gasteiger partial charge in [-0.1, -0.05) is 45.4 Å². The van der Waals surface area contributed by atoms with Crippen molar-refractivity contribution in [3.63, 3.8) is 0 Å². The first kappa shape index (κ1) is 21.7. The van der Waals surface area contributed by atoms with Crippen LogP contribution >= 0.6 is 0 Å². The molecule has 2 rings (SSSR count). The van der Waals surface area contributed by atoms with E-state index in [2.05, 4.69) is 0 Å². The highest BCUT2D eigenvalue weighted by molar-refractivity contribution is 5.87. The predicted molar refractivity (Wildman–Crippen MR) is 98.6 cm³/mol. The number of carbonyl (C=O) groups excluding carboxylic acids is 2. The molecule has 3 N–H and O–H groups in total. The lowest BCUT2D eigenvalue weighted by atomic mass is 9.69. The molecule has 0 radical (unpaired) electrons. The largest absolute Gasteiger partial charge is 0.481 e. The van der Waals surface area contributed by atoms with Gasteiger partial charge < -0.3 is 20.3 Å². The van der Waals surface area contributed by atoms with E-state index in [1.165, 1.54) is 0 Å². The Bertz CT molecular complexity index is 523. The third-order valence-corrected chi connectivity index (χ3v) is 5.99. The molecule has 2 atom stereocenters. The van der Waals surface area contributed by atoms with E-state index in [4.69, 9.17) is 15.2 Å². The average molecular weight is 383 g/mol. The Morgan fingerprint density at radius 2 is 1.63 bits per heavy atom. The van der Waals surface area contributed by atoms with Crippen molar-refractivity contribution in [2.75, 3.05) is 0 Å². The molecule has 0 aromatic carbocycles. The number of hydrogen-bond donors (Lipinski definition) is 2. The van der Waals surface area contributed by atoms with E-state index in [0.29, 0.717) is 19.3 Å². The van der Waals surface area contributed by atoms with Gasteiger partial charge in [-0.05, 0) is 32.1 Å². The van der Waals surface area contributed by atoms with Crippen molar-refractivity contribution >= 4 is 17.9 Å². The summed E-state index contributed by atoms with van der Waals surface area (Å²) in [7, 11) is 0. The summed E-state index contributed by atoms with van der Waals surface area (Å²) in [5, 5.41) is 9.73. The second-order valence-electron chi connectivity index (χ2n) is 7.94. The Balaban J connectivity index is 2.10. The monoisotopic (exact) mass is 383 g/mol. The van der Waals surface area contributed by atoms with Crippen LogP contribution in [-0.2, 0) is 23.9 Å². The molecule has 0 amide bonds. The van der Waals surface area contributed by atoms with Crippen LogP contribution in [0.4, 0.5) is 0 Å². The summed E-state index contributed by atoms with van der Waals surface area (Å²) in [6.45, 7) is 1.87. The summed E-state index contributed by atoms with van der Waals surface area (Å²) in [5.41, 5.74) is 4.81. The van der Waals surface area contributed by atoms with Crippen LogP contribution in [-0.4, -0.2) is 35.3 Å². The van der Waals surface area contributed by atoms with E-state index in [0.717, 1.165) is 51.4 Å². The molecule has 154 valence electrons. The van der Waals surface area contributed by atoms with Crippen LogP contribution in [0.1, 0.15) is 84.0 Å². The fourth-order valence-electron chi connectivity index (χ4n) is 4.27. The van der Waals surface area contributed by atoms with Gasteiger partial charge in [-0.15, -0.1) is 0 Å². The van der Waals surface area contributed by atoms with Crippen LogP contribution in [0.2, 0.25) is 0 Å². The summed E-state index contributed by atoms with van der Waals surface area (Å²) >= 11 is 0. The highest BCUT2D eigenvalue weighted by atomic mass is 16.7. The molecule has 2 fully saturated rings. The molecule has 27 heavy (non-hydrogen) atoms. The van der Waals surface area contributed by atoms with E-state index >= 15 is 0 Å². The first-order valence-electron chi connectivity index (χ1n) is 10.3. The molecule has 7 heteroatoms. The minimum atomic E-state index is -1.29. The smallest absolute Gasteiger partial charge is 0.327 e. The molecule has 2 saturated carbocycles. The lowest BCUT2D eigenvalue weighted by Crippen LogP contribution is -2.54. The number of carboxylic acid groups (broad SMARTS) is 1. The molecule has 0 heterocycles. The van der Waals surface area contributed by atoms with E-state index in [9.17, 15) is 19.5 Å². The second kappa shape index (κ2) is 10.1. The normalized spacial score (nSPS) is 22.4. The number of carbonyl (C=O) groups is 3. The van der Waals surface area contributed by atoms with Gasteiger partial charge in [0.1, 0.15) is 6.04 Å². The summed E-state index contributed by atoms with van der Waals surface area (Å²) in [4.78, 5) is 36.6. The van der Waals surface area contributed by atoms with Gasteiger partial charge in [0.2, 0.25) is 6.29 Å². The molecular weight excluding hydrogens is 350 g/mol. The highest BCUT2D eigenvalue weighted by Crippen LogP contribution is 2.40. The summed E-state index contributed by atoms with van der Waals surface area (Å²) < 4.78 is 11.0. The summed E-state index contributed by atoms with van der Waals surface area (Å²) in [5.74, 6) is -2.29. The Hall–Kier alpha value is -1.63. The SMILES string of the molecule is CCCC(=O)OC(OC(=O)C(N)C1(C(=O)O)CCCCC1)C1CCCCC1. The molecule has 0 spiro atoms. The number of nitrogens with two attached hydrogens (primary N) is 1. The molecule has 0 aromatic heterocycles. The quantitative estimate of drug-likeness (QED) is 0.488. The second-order valence-corrected chi connectivity index (χ2v) is 7.94. The zero-order chi connectivity index (χ0) is 19.9. The molecule has 7 nitrogen and oxygen atoms in total. The number of esters is 2. The fourth-order valence-corrected chi connectivity index (χ4v) is 4.27. The van der Waals surface area contributed by atoms with Gasteiger partial charge in [-0.3, -0.25) is 14.4 Å². The Morgan fingerprint density at radius 3 is 2.19 bits per heavy atom. The van der Waals surface area contributed by atoms with Gasteiger partial charge in [0.05, 0.1) is 5.41 Å². The van der Waals surface area contributed by atoms with Gasteiger partial charge in [0.15, 0.2) is 0 Å². The van der Waals surface area contributed by atoms with Gasteiger partial charge in [0.25, 0.3) is 0 Å². The maximum Gasteiger partial charge on any atom is 0.327 e. The molecular formula is C20H33NO6. The lowest BCUT2D eigenvalue weighted by Gasteiger charge is -2.37. The number of ether oxygens (including phenoxy) is 2. The predicted octanol–water partition coefficient (Wildman–Crippen LogP) is 3.14. The van der Waals surface area contributed by atoms with Crippen molar-refractivity contribution < 1.29 is 29.0 Å². The van der Waals surface area contributed by atoms with E-state index < -0.39 is 35.7 Å². The van der Waals surface area contributed by atoms with Crippen molar-refractivity contribution in [1.82, 2.24) is 0 Å². The number of hydrogen-bond acceptors (Lipinski definition) is 6. The van der Waals surface area contributed by atoms with E-state index in [1.54, 1.807) is 0 Å². The average Bonchev–Trinajstić information content (AvgIpc) is 2.68. The van der Waals surface area contributed by atoms with Crippen LogP contribution in [0.3, 0.4) is 0 Å². The Morgan fingerprint density at radius 1 is 1.04 bits per heavy atom. The van der Waals surface area contributed by atoms with Crippen molar-refractivity contribution in [3.05, 3.63) is 0 Å². The lowest BCUT2D eigenvalue weighted by molar-refractivity contribution is -0.204. The van der Waals surface area contributed by atoms with Gasteiger partial charge in [-0.25, -0.2) is 0 Å². The standard InChI is InChI=1S/C20H33NO6/c1-2-9-15(22)26-18(14-10-5-3-6-11-14)27-17(23)16(21)20(19(24)25)12-7-4-8-13-20/h14,16,18H,2-13,21H2,1H3,(H,24,25). The minimum absolute atomic E-state index is 0.0529. The van der Waals surface area contributed by atoms with Crippen LogP contribution in [0, 0.1) is 11.3 Å². The van der Waals surface area contributed by atoms with Gasteiger partial charge in [-0.2, -0.15) is 0 Å². The topological polar surface area (TPSA) is 116 Å². The maximum atomic E-state index is 12.7. The fraction of sp³-hybridized carbons (Fsp3) is 0.850. The van der Waals surface area contributed by atoms with E-state index in [1.807, 2.05) is 6.92 Å². The van der Waals surface area contributed by atoms with E-state index in [-0.39, 0.29) is 12.3 Å². The Kier molecular flexibility index (Phi) is 8.07. The van der Waals surface area contributed by atoms with Crippen molar-refractivity contribution in [3.8, 4) is 0 Å². The van der Waals surface area contributed by atoms with Crippen LogP contribution < -0.4 is 5.73 Å². The third kappa shape index (κ3) is 5.43. The molecule has 2 aliphatic rings. The molecule has 0 aliphatic heterocycles. The third-order valence-electron chi connectivity index (χ3n) is 5.99. The molecule has 0 bridgehead atoms. The number of aliphatic carboxylic acids is 1. The van der Waals surface area contributed by atoms with Crippen molar-refractivity contribution in [2.45, 2.75) is 96.3 Å². The van der Waals surface area contributed by atoms with Crippen LogP contribution in [0.15, 0.2) is 0 Å². The summed E-state index contributed by atoms with van der Waals surface area (Å²) in [6.07, 6.45) is 7.78. The number of rotatable bonds is 8. The Labute approximate surface area is 161 Å². The van der Waals surface area contributed by atoms with Gasteiger partial charge in [0, 0.05) is 12.3 Å². The maximum absolute atomic E-state index is 12.7. The zero-order valence-electron chi connectivity index (χ0n) is 16.3. The summed E-state index contributed by atoms with van der Waals surface area (Å²) in [6, 6.07) is -1.26. The first-order chi connectivity index (χ1) is 12.9. The minimum Gasteiger partial charge on any atom is -0.481 e. The number of carboxylic acids is 1. The van der Waals surface area contributed by atoms with Crippen LogP contribution in [0.25, 0.3) is 0 Å². The zero-order valence-corrected chi connectivity index (χ0v) is 16.3. The molecule has 0 aromatic rings. The van der Waals surface area contributed by atoms with Crippen LogP contribution in [0.5, 0.6) is 0 Å². The molecule has 2 aliphatic carbocycles. The first-order valence-corrected chi connectivity index (χ1v) is 10.3. The molecule has 0 saturated heterocycles. The highest BCUT2D eigenvalue weighted by Gasteiger charge is 2.49. The van der Waals surface area contributed by atoms with Gasteiger partial charge >= 0.3 is 17.9 Å².